The maximum absolute atomic E-state index is 12.2. The predicted octanol–water partition coefficient (Wildman–Crippen LogP) is 2.96. The lowest BCUT2D eigenvalue weighted by Crippen LogP contribution is -2.48. The van der Waals surface area contributed by atoms with Crippen molar-refractivity contribution < 1.29 is 14.7 Å². The number of hydrogen-bond acceptors (Lipinski definition) is 2. The summed E-state index contributed by atoms with van der Waals surface area (Å²) in [5.41, 5.74) is -0.793. The van der Waals surface area contributed by atoms with Crippen LogP contribution < -0.4 is 5.32 Å². The summed E-state index contributed by atoms with van der Waals surface area (Å²) in [6.45, 7) is 5.88. The van der Waals surface area contributed by atoms with Gasteiger partial charge in [0.25, 0.3) is 0 Å². The molecular formula is C15H27NO3. The van der Waals surface area contributed by atoms with Crippen LogP contribution in [0.5, 0.6) is 0 Å². The average molecular weight is 269 g/mol. The summed E-state index contributed by atoms with van der Waals surface area (Å²) in [5, 5.41) is 12.3. The van der Waals surface area contributed by atoms with Crippen LogP contribution in [0.4, 0.5) is 0 Å². The highest BCUT2D eigenvalue weighted by Crippen LogP contribution is 2.38. The van der Waals surface area contributed by atoms with Gasteiger partial charge in [0.2, 0.25) is 5.91 Å². The van der Waals surface area contributed by atoms with Gasteiger partial charge >= 0.3 is 5.97 Å². The lowest BCUT2D eigenvalue weighted by atomic mass is 9.84. The number of carbonyl (C=O) groups excluding carboxylic acids is 1. The summed E-state index contributed by atoms with van der Waals surface area (Å²) in [6, 6.07) is -0.215. The van der Waals surface area contributed by atoms with Crippen LogP contribution in [0.1, 0.15) is 65.7 Å². The van der Waals surface area contributed by atoms with E-state index in [-0.39, 0.29) is 17.9 Å². The van der Waals surface area contributed by atoms with E-state index in [1.807, 2.05) is 6.92 Å². The van der Waals surface area contributed by atoms with Gasteiger partial charge in [-0.05, 0) is 32.6 Å². The van der Waals surface area contributed by atoms with Gasteiger partial charge < -0.3 is 10.4 Å². The lowest BCUT2D eigenvalue weighted by Gasteiger charge is -2.29. The molecular weight excluding hydrogens is 242 g/mol. The number of carbonyl (C=O) groups is 2. The molecule has 0 radical (unpaired) electrons. The molecule has 4 nitrogen and oxygen atoms in total. The largest absolute Gasteiger partial charge is 0.481 e. The van der Waals surface area contributed by atoms with Gasteiger partial charge in [0, 0.05) is 12.0 Å². The first-order valence-corrected chi connectivity index (χ1v) is 7.49. The molecule has 3 atom stereocenters. The monoisotopic (exact) mass is 269 g/mol. The number of aliphatic carboxylic acids is 1. The van der Waals surface area contributed by atoms with E-state index in [1.165, 1.54) is 0 Å². The minimum absolute atomic E-state index is 0.0265. The summed E-state index contributed by atoms with van der Waals surface area (Å²) in [7, 11) is 0. The summed E-state index contributed by atoms with van der Waals surface area (Å²) in [4.78, 5) is 23.6. The van der Waals surface area contributed by atoms with Gasteiger partial charge in [-0.1, -0.05) is 33.1 Å². The van der Waals surface area contributed by atoms with Crippen LogP contribution >= 0.6 is 0 Å². The molecule has 1 rings (SSSR count). The van der Waals surface area contributed by atoms with Crippen molar-refractivity contribution in [1.29, 1.82) is 0 Å². The molecule has 0 aromatic rings. The first-order chi connectivity index (χ1) is 8.95. The van der Waals surface area contributed by atoms with E-state index in [2.05, 4.69) is 12.2 Å². The van der Waals surface area contributed by atoms with E-state index >= 15 is 0 Å². The Labute approximate surface area is 116 Å². The van der Waals surface area contributed by atoms with E-state index in [1.54, 1.807) is 6.92 Å². The highest BCUT2D eigenvalue weighted by atomic mass is 16.4. The topological polar surface area (TPSA) is 66.4 Å². The van der Waals surface area contributed by atoms with E-state index in [0.717, 1.165) is 38.5 Å². The Hall–Kier alpha value is -1.06. The molecule has 0 bridgehead atoms. The van der Waals surface area contributed by atoms with Crippen molar-refractivity contribution in [3.05, 3.63) is 0 Å². The number of carboxylic acids is 1. The molecule has 0 aromatic heterocycles. The third-order valence-corrected chi connectivity index (χ3v) is 4.53. The maximum Gasteiger partial charge on any atom is 0.311 e. The molecule has 4 heteroatoms. The van der Waals surface area contributed by atoms with E-state index < -0.39 is 11.4 Å². The second-order valence-electron chi connectivity index (χ2n) is 5.92. The minimum atomic E-state index is -0.795. The number of nitrogens with one attached hydrogen (secondary N) is 1. The fourth-order valence-electron chi connectivity index (χ4n) is 2.91. The van der Waals surface area contributed by atoms with Crippen LogP contribution in [0, 0.1) is 11.3 Å². The van der Waals surface area contributed by atoms with Crippen LogP contribution in [0.15, 0.2) is 0 Å². The Morgan fingerprint density at radius 2 is 2.11 bits per heavy atom. The van der Waals surface area contributed by atoms with E-state index in [9.17, 15) is 14.7 Å². The molecule has 0 aromatic carbocycles. The zero-order valence-electron chi connectivity index (χ0n) is 12.4. The summed E-state index contributed by atoms with van der Waals surface area (Å²) in [6.07, 6.45) is 6.15. The Morgan fingerprint density at radius 1 is 1.42 bits per heavy atom. The van der Waals surface area contributed by atoms with Crippen LogP contribution in [-0.2, 0) is 9.59 Å². The average Bonchev–Trinajstić information content (AvgIpc) is 2.73. The summed E-state index contributed by atoms with van der Waals surface area (Å²) in [5.74, 6) is -0.731. The number of unbranched alkanes of at least 4 members (excludes halogenated alkanes) is 1. The Kier molecular flexibility index (Phi) is 5.83. The number of carboxylic acid groups (broad SMARTS) is 1. The second kappa shape index (κ2) is 6.92. The minimum Gasteiger partial charge on any atom is -0.481 e. The standard InChI is InChI=1S/C15H27NO3/c1-4-6-8-11(5-2)13(17)16-12-9-7-10-15(12,3)14(18)19/h11-12H,4-10H2,1-3H3,(H,16,17)(H,18,19). The number of rotatable bonds is 7. The van der Waals surface area contributed by atoms with Gasteiger partial charge in [-0.2, -0.15) is 0 Å². The van der Waals surface area contributed by atoms with E-state index in [4.69, 9.17) is 0 Å². The molecule has 0 spiro atoms. The van der Waals surface area contributed by atoms with Gasteiger partial charge in [0.1, 0.15) is 0 Å². The first kappa shape index (κ1) is 16.0. The fraction of sp³-hybridized carbons (Fsp3) is 0.867. The molecule has 19 heavy (non-hydrogen) atoms. The SMILES string of the molecule is CCCCC(CC)C(=O)NC1CCCC1(C)C(=O)O. The second-order valence-corrected chi connectivity index (χ2v) is 5.92. The van der Waals surface area contributed by atoms with Crippen LogP contribution in [0.2, 0.25) is 0 Å². The molecule has 1 saturated carbocycles. The van der Waals surface area contributed by atoms with Gasteiger partial charge in [-0.3, -0.25) is 9.59 Å². The fourth-order valence-corrected chi connectivity index (χ4v) is 2.91. The van der Waals surface area contributed by atoms with Gasteiger partial charge in [0.05, 0.1) is 5.41 Å². The molecule has 1 aliphatic rings. The third-order valence-electron chi connectivity index (χ3n) is 4.53. The molecule has 0 aliphatic heterocycles. The van der Waals surface area contributed by atoms with Gasteiger partial charge in [-0.15, -0.1) is 0 Å². The number of hydrogen-bond donors (Lipinski definition) is 2. The highest BCUT2D eigenvalue weighted by molar-refractivity contribution is 5.81. The first-order valence-electron chi connectivity index (χ1n) is 7.49. The highest BCUT2D eigenvalue weighted by Gasteiger charge is 2.46. The van der Waals surface area contributed by atoms with Crippen LogP contribution in [0.25, 0.3) is 0 Å². The molecule has 1 aliphatic carbocycles. The lowest BCUT2D eigenvalue weighted by molar-refractivity contribution is -0.149. The Bertz CT molecular complexity index is 329. The zero-order valence-corrected chi connectivity index (χ0v) is 12.4. The molecule has 1 fully saturated rings. The van der Waals surface area contributed by atoms with Gasteiger partial charge in [-0.25, -0.2) is 0 Å². The summed E-state index contributed by atoms with van der Waals surface area (Å²) < 4.78 is 0. The molecule has 3 unspecified atom stereocenters. The summed E-state index contributed by atoms with van der Waals surface area (Å²) >= 11 is 0. The van der Waals surface area contributed by atoms with Crippen molar-refractivity contribution in [2.75, 3.05) is 0 Å². The zero-order chi connectivity index (χ0) is 14.5. The predicted molar refractivity (Wildman–Crippen MR) is 74.8 cm³/mol. The van der Waals surface area contributed by atoms with Crippen LogP contribution in [0.3, 0.4) is 0 Å². The van der Waals surface area contributed by atoms with Crippen molar-refractivity contribution in [3.8, 4) is 0 Å². The van der Waals surface area contributed by atoms with Crippen molar-refractivity contribution in [2.45, 2.75) is 71.8 Å². The van der Waals surface area contributed by atoms with E-state index in [0.29, 0.717) is 6.42 Å². The Balaban J connectivity index is 2.62. The van der Waals surface area contributed by atoms with Crippen molar-refractivity contribution in [1.82, 2.24) is 5.32 Å². The normalized spacial score (nSPS) is 28.1. The smallest absolute Gasteiger partial charge is 0.311 e. The van der Waals surface area contributed by atoms with Crippen molar-refractivity contribution >= 4 is 11.9 Å². The number of amides is 1. The quantitative estimate of drug-likeness (QED) is 0.746. The molecule has 0 heterocycles. The molecule has 2 N–H and O–H groups in total. The Morgan fingerprint density at radius 3 is 2.63 bits per heavy atom. The van der Waals surface area contributed by atoms with Gasteiger partial charge in [0.15, 0.2) is 0 Å². The third kappa shape index (κ3) is 3.71. The molecule has 0 saturated heterocycles. The van der Waals surface area contributed by atoms with Crippen molar-refractivity contribution in [2.24, 2.45) is 11.3 Å². The van der Waals surface area contributed by atoms with Crippen LogP contribution in [-0.4, -0.2) is 23.0 Å². The molecule has 110 valence electrons. The maximum atomic E-state index is 12.2. The molecule has 1 amide bonds. The van der Waals surface area contributed by atoms with Crippen molar-refractivity contribution in [3.63, 3.8) is 0 Å².